The molecule has 0 radical (unpaired) electrons. The standard InChI is InChI=1S/C20H23F2N3O2/c1-13(2)20(14-3-5-15(21)6-4-14)24-11-18(26)23-12-19(27)25-17-9-7-16(22)8-10-17/h3-10,13,20,24H,11-12H2,1-2H3,(H,23,26)(H,25,27)/t20-/m1/s1. The molecule has 0 heterocycles. The number of hydrogen-bond donors (Lipinski definition) is 3. The van der Waals surface area contributed by atoms with Crippen LogP contribution in [0.4, 0.5) is 14.5 Å². The Hall–Kier alpha value is -2.80. The molecule has 2 aromatic carbocycles. The van der Waals surface area contributed by atoms with Gasteiger partial charge in [-0.15, -0.1) is 0 Å². The van der Waals surface area contributed by atoms with Crippen LogP contribution in [0.2, 0.25) is 0 Å². The first-order chi connectivity index (χ1) is 12.8. The van der Waals surface area contributed by atoms with Gasteiger partial charge in [0.1, 0.15) is 11.6 Å². The maximum absolute atomic E-state index is 13.1. The number of anilines is 1. The molecule has 0 saturated heterocycles. The van der Waals surface area contributed by atoms with E-state index in [0.29, 0.717) is 5.69 Å². The molecule has 0 aliphatic rings. The molecule has 0 unspecified atom stereocenters. The third-order valence-corrected chi connectivity index (χ3v) is 3.95. The summed E-state index contributed by atoms with van der Waals surface area (Å²) >= 11 is 0. The van der Waals surface area contributed by atoms with Gasteiger partial charge in [0.05, 0.1) is 13.1 Å². The lowest BCUT2D eigenvalue weighted by molar-refractivity contribution is -0.123. The van der Waals surface area contributed by atoms with E-state index in [1.165, 1.54) is 36.4 Å². The van der Waals surface area contributed by atoms with Crippen LogP contribution in [0.5, 0.6) is 0 Å². The Balaban J connectivity index is 1.79. The molecule has 5 nitrogen and oxygen atoms in total. The van der Waals surface area contributed by atoms with Crippen LogP contribution in [-0.4, -0.2) is 24.9 Å². The van der Waals surface area contributed by atoms with Crippen LogP contribution in [0.15, 0.2) is 48.5 Å². The van der Waals surface area contributed by atoms with Gasteiger partial charge in [-0.2, -0.15) is 0 Å². The summed E-state index contributed by atoms with van der Waals surface area (Å²) in [5, 5.41) is 8.21. The summed E-state index contributed by atoms with van der Waals surface area (Å²) in [6.07, 6.45) is 0. The van der Waals surface area contributed by atoms with Gasteiger partial charge in [0.2, 0.25) is 11.8 Å². The zero-order valence-electron chi connectivity index (χ0n) is 15.3. The second-order valence-corrected chi connectivity index (χ2v) is 6.49. The van der Waals surface area contributed by atoms with Crippen molar-refractivity contribution in [2.24, 2.45) is 5.92 Å². The largest absolute Gasteiger partial charge is 0.346 e. The number of carbonyl (C=O) groups is 2. The summed E-state index contributed by atoms with van der Waals surface area (Å²) in [5.74, 6) is -1.27. The summed E-state index contributed by atoms with van der Waals surface area (Å²) in [6.45, 7) is 3.81. The van der Waals surface area contributed by atoms with Gasteiger partial charge in [0.15, 0.2) is 0 Å². The predicted octanol–water partition coefficient (Wildman–Crippen LogP) is 3.01. The average molecular weight is 375 g/mol. The van der Waals surface area contributed by atoms with Crippen molar-refractivity contribution in [2.45, 2.75) is 19.9 Å². The molecule has 1 atom stereocenters. The van der Waals surface area contributed by atoms with Gasteiger partial charge in [-0.3, -0.25) is 9.59 Å². The lowest BCUT2D eigenvalue weighted by Gasteiger charge is -2.22. The molecule has 3 N–H and O–H groups in total. The minimum absolute atomic E-state index is 0.0179. The van der Waals surface area contributed by atoms with Gasteiger partial charge in [-0.05, 0) is 47.9 Å². The Morgan fingerprint density at radius 2 is 1.41 bits per heavy atom. The summed E-state index contributed by atoms with van der Waals surface area (Å²) in [6, 6.07) is 11.4. The normalized spacial score (nSPS) is 11.9. The van der Waals surface area contributed by atoms with Crippen LogP contribution in [0.3, 0.4) is 0 Å². The van der Waals surface area contributed by atoms with Crippen molar-refractivity contribution in [1.82, 2.24) is 10.6 Å². The van der Waals surface area contributed by atoms with E-state index in [-0.39, 0.29) is 36.8 Å². The Kier molecular flexibility index (Phi) is 7.43. The predicted molar refractivity (Wildman–Crippen MR) is 100 cm³/mol. The van der Waals surface area contributed by atoms with Gasteiger partial charge in [0, 0.05) is 11.7 Å². The molecule has 2 aromatic rings. The van der Waals surface area contributed by atoms with E-state index >= 15 is 0 Å². The molecule has 0 saturated carbocycles. The van der Waals surface area contributed by atoms with Crippen LogP contribution < -0.4 is 16.0 Å². The molecule has 2 amide bonds. The molecule has 7 heteroatoms. The summed E-state index contributed by atoms with van der Waals surface area (Å²) in [7, 11) is 0. The molecule has 0 spiro atoms. The first-order valence-electron chi connectivity index (χ1n) is 8.66. The summed E-state index contributed by atoms with van der Waals surface area (Å²) in [5.41, 5.74) is 1.33. The van der Waals surface area contributed by atoms with Crippen molar-refractivity contribution in [3.05, 3.63) is 65.7 Å². The Morgan fingerprint density at radius 1 is 0.852 bits per heavy atom. The van der Waals surface area contributed by atoms with Crippen LogP contribution >= 0.6 is 0 Å². The first-order valence-corrected chi connectivity index (χ1v) is 8.66. The number of rotatable bonds is 8. The fourth-order valence-corrected chi connectivity index (χ4v) is 2.59. The molecule has 0 aliphatic carbocycles. The number of hydrogen-bond acceptors (Lipinski definition) is 3. The second kappa shape index (κ2) is 9.78. The van der Waals surface area contributed by atoms with Gasteiger partial charge in [-0.25, -0.2) is 8.78 Å². The third kappa shape index (κ3) is 6.79. The zero-order chi connectivity index (χ0) is 19.8. The van der Waals surface area contributed by atoms with Crippen molar-refractivity contribution in [2.75, 3.05) is 18.4 Å². The quantitative estimate of drug-likeness (QED) is 0.664. The highest BCUT2D eigenvalue weighted by molar-refractivity contribution is 5.94. The van der Waals surface area contributed by atoms with Crippen LogP contribution in [0.25, 0.3) is 0 Å². The Morgan fingerprint density at radius 3 is 1.96 bits per heavy atom. The van der Waals surface area contributed by atoms with E-state index < -0.39 is 11.7 Å². The lowest BCUT2D eigenvalue weighted by atomic mass is 9.96. The monoisotopic (exact) mass is 375 g/mol. The molecule has 0 aliphatic heterocycles. The van der Waals surface area contributed by atoms with E-state index in [1.54, 1.807) is 12.1 Å². The lowest BCUT2D eigenvalue weighted by Crippen LogP contribution is -2.40. The van der Waals surface area contributed by atoms with Crippen LogP contribution in [-0.2, 0) is 9.59 Å². The topological polar surface area (TPSA) is 70.2 Å². The molecule has 0 aromatic heterocycles. The fourth-order valence-electron chi connectivity index (χ4n) is 2.59. The number of carbonyl (C=O) groups excluding carboxylic acids is 2. The fraction of sp³-hybridized carbons (Fsp3) is 0.300. The van der Waals surface area contributed by atoms with Gasteiger partial charge in [-0.1, -0.05) is 26.0 Å². The molecular weight excluding hydrogens is 352 g/mol. The Bertz CT molecular complexity index is 762. The average Bonchev–Trinajstić information content (AvgIpc) is 2.63. The molecule has 2 rings (SSSR count). The number of nitrogens with one attached hydrogen (secondary N) is 3. The molecule has 0 fully saturated rings. The summed E-state index contributed by atoms with van der Waals surface area (Å²) in [4.78, 5) is 23.8. The third-order valence-electron chi connectivity index (χ3n) is 3.95. The number of amides is 2. The van der Waals surface area contributed by atoms with Crippen LogP contribution in [0.1, 0.15) is 25.5 Å². The van der Waals surface area contributed by atoms with Crippen LogP contribution in [0, 0.1) is 17.6 Å². The van der Waals surface area contributed by atoms with Crippen molar-refractivity contribution in [3.8, 4) is 0 Å². The maximum Gasteiger partial charge on any atom is 0.243 e. The highest BCUT2D eigenvalue weighted by Gasteiger charge is 2.17. The molecule has 0 bridgehead atoms. The van der Waals surface area contributed by atoms with E-state index in [1.807, 2.05) is 13.8 Å². The maximum atomic E-state index is 13.1. The smallest absolute Gasteiger partial charge is 0.243 e. The van der Waals surface area contributed by atoms with Crippen molar-refractivity contribution < 1.29 is 18.4 Å². The molecule has 27 heavy (non-hydrogen) atoms. The SMILES string of the molecule is CC(C)[C@@H](NCC(=O)NCC(=O)Nc1ccc(F)cc1)c1ccc(F)cc1. The highest BCUT2D eigenvalue weighted by atomic mass is 19.1. The summed E-state index contributed by atoms with van der Waals surface area (Å²) < 4.78 is 25.9. The van der Waals surface area contributed by atoms with E-state index in [4.69, 9.17) is 0 Å². The number of halogens is 2. The minimum atomic E-state index is -0.408. The highest BCUT2D eigenvalue weighted by Crippen LogP contribution is 2.21. The molecule has 144 valence electrons. The minimum Gasteiger partial charge on any atom is -0.346 e. The van der Waals surface area contributed by atoms with Gasteiger partial charge < -0.3 is 16.0 Å². The van der Waals surface area contributed by atoms with Gasteiger partial charge >= 0.3 is 0 Å². The van der Waals surface area contributed by atoms with Crippen molar-refractivity contribution in [1.29, 1.82) is 0 Å². The second-order valence-electron chi connectivity index (χ2n) is 6.49. The molecular formula is C20H23F2N3O2. The Labute approximate surface area is 157 Å². The van der Waals surface area contributed by atoms with Crippen molar-refractivity contribution in [3.63, 3.8) is 0 Å². The first kappa shape index (κ1) is 20.5. The van der Waals surface area contributed by atoms with Gasteiger partial charge in [0.25, 0.3) is 0 Å². The zero-order valence-corrected chi connectivity index (χ0v) is 15.3. The van der Waals surface area contributed by atoms with E-state index in [0.717, 1.165) is 5.56 Å². The van der Waals surface area contributed by atoms with Crippen molar-refractivity contribution >= 4 is 17.5 Å². The van der Waals surface area contributed by atoms with E-state index in [9.17, 15) is 18.4 Å². The van der Waals surface area contributed by atoms with E-state index in [2.05, 4.69) is 16.0 Å². The number of benzene rings is 2.